The molecule has 0 bridgehead atoms. The van der Waals surface area contributed by atoms with Crippen LogP contribution in [0.5, 0.6) is 0 Å². The van der Waals surface area contributed by atoms with E-state index in [9.17, 15) is 0 Å². The number of rotatable bonds is 0. The van der Waals surface area contributed by atoms with Crippen molar-refractivity contribution in [2.24, 2.45) is 5.34 Å². The summed E-state index contributed by atoms with van der Waals surface area (Å²) in [6.45, 7) is 0. The van der Waals surface area contributed by atoms with Crippen molar-refractivity contribution in [3.05, 3.63) is 10.1 Å². The van der Waals surface area contributed by atoms with Crippen molar-refractivity contribution in [2.75, 3.05) is 0 Å². The van der Waals surface area contributed by atoms with Gasteiger partial charge in [-0.05, 0) is 0 Å². The molecule has 0 atom stereocenters. The van der Waals surface area contributed by atoms with Gasteiger partial charge in [-0.2, -0.15) is 0 Å². The van der Waals surface area contributed by atoms with Gasteiger partial charge in [0.15, 0.2) is 0 Å². The minimum absolute atomic E-state index is 0. The third-order valence-electron chi connectivity index (χ3n) is 0. The molecule has 0 aliphatic carbocycles. The molecule has 0 aromatic rings. The van der Waals surface area contributed by atoms with Gasteiger partial charge in [-0.3, -0.25) is 0 Å². The van der Waals surface area contributed by atoms with E-state index in [1.165, 1.54) is 0 Å². The summed E-state index contributed by atoms with van der Waals surface area (Å²) >= 11 is -6.02. The predicted octanol–water partition coefficient (Wildman–Crippen LogP) is -11.4. The summed E-state index contributed by atoms with van der Waals surface area (Å²) in [7, 11) is 0. The van der Waals surface area contributed by atoms with E-state index in [1.54, 1.807) is 0 Å². The van der Waals surface area contributed by atoms with Crippen LogP contribution in [0.15, 0.2) is 5.34 Å². The van der Waals surface area contributed by atoms with Crippen LogP contribution in [0, 0.1) is 10.1 Å². The summed E-state index contributed by atoms with van der Waals surface area (Å²) in [5.74, 6) is 0. The second-order valence-corrected chi connectivity index (χ2v) is 2.49. The Labute approximate surface area is 132 Å². The fourth-order valence-electron chi connectivity index (χ4n) is 0. The number of hydrogen-bond acceptors (Lipinski definition) is 7. The average Bonchev–Trinajstić information content (AvgIpc) is 1.27. The van der Waals surface area contributed by atoms with E-state index in [0.717, 1.165) is 5.34 Å². The summed E-state index contributed by atoms with van der Waals surface area (Å²) in [5, 5.41) is 9.00. The number of hydrogen-bond donors (Lipinski definition) is 0. The van der Waals surface area contributed by atoms with Crippen molar-refractivity contribution in [3.63, 3.8) is 0 Å². The maximum atomic E-state index is 8.63. The van der Waals surface area contributed by atoms with E-state index >= 15 is 0 Å². The van der Waals surface area contributed by atoms with E-state index < -0.39 is 16.7 Å². The standard InChI is InChI=1S/Mo.HNO2.3Na.4O/c;2-1-3;;;;;;;/h;(H,2,3);;;;;;;/q;;3*+1;;;2*-1/p-1. The molecule has 0 rings (SSSR count). The fourth-order valence-corrected chi connectivity index (χ4v) is 0. The first-order valence-corrected chi connectivity index (χ1v) is 4.31. The Morgan fingerprint density at radius 2 is 1.00 bits per heavy atom. The van der Waals surface area contributed by atoms with Crippen LogP contribution in [0.2, 0.25) is 0 Å². The normalized spacial score (nSPS) is 6.36. The monoisotopic (exact) mass is 277 g/mol. The van der Waals surface area contributed by atoms with Crippen LogP contribution in [0.1, 0.15) is 0 Å². The van der Waals surface area contributed by atoms with Crippen LogP contribution in [0.3, 0.4) is 0 Å². The van der Waals surface area contributed by atoms with E-state index in [-0.39, 0.29) is 88.7 Å². The molecule has 0 N–H and O–H groups in total. The van der Waals surface area contributed by atoms with Crippen molar-refractivity contribution in [3.8, 4) is 0 Å². The molecule has 0 aromatic carbocycles. The molecule has 0 aliphatic rings. The molecule has 11 heavy (non-hydrogen) atoms. The Morgan fingerprint density at radius 1 is 1.00 bits per heavy atom. The third-order valence-corrected chi connectivity index (χ3v) is 0. The van der Waals surface area contributed by atoms with E-state index in [4.69, 9.17) is 24.4 Å². The van der Waals surface area contributed by atoms with E-state index in [0.29, 0.717) is 0 Å². The molecule has 50 valence electrons. The van der Waals surface area contributed by atoms with Crippen LogP contribution in [-0.4, -0.2) is 0 Å². The molecule has 0 aromatic heterocycles. The van der Waals surface area contributed by atoms with Crippen molar-refractivity contribution in [1.29, 1.82) is 0 Å². The van der Waals surface area contributed by atoms with Gasteiger partial charge in [0.25, 0.3) is 0 Å². The summed E-state index contributed by atoms with van der Waals surface area (Å²) in [4.78, 5) is 8.00. The Balaban J connectivity index is -0.0000000183. The zero-order chi connectivity index (χ0) is 7.21. The molecule has 11 heteroatoms. The molecule has 0 saturated heterocycles. The van der Waals surface area contributed by atoms with Crippen LogP contribution in [0.4, 0.5) is 0 Å². The second kappa shape index (κ2) is 18.4. The quantitative estimate of drug-likeness (QED) is 0.245. The number of nitrogens with zero attached hydrogens (tertiary/aromatic N) is 1. The predicted molar refractivity (Wildman–Crippen MR) is 10.5 cm³/mol. The topological polar surface area (TPSA) is 133 Å². The molecular formula is MoNNa3O6. The molecule has 0 saturated carbocycles. The fraction of sp³-hybridized carbons (Fsp3) is 0. The molecule has 0 amide bonds. The molecule has 0 aliphatic heterocycles. The van der Waals surface area contributed by atoms with Crippen LogP contribution >= 0.6 is 0 Å². The van der Waals surface area contributed by atoms with Gasteiger partial charge < -0.3 is 10.1 Å². The Morgan fingerprint density at radius 3 is 1.00 bits per heavy atom. The Hall–Kier alpha value is 2.61. The SMILES string of the molecule is O=N[O-].[Na+].[Na+].[Na+].[O]=[Mo](=[O])([O-])[O-]. The molecule has 0 spiro atoms. The molecule has 0 heterocycles. The first kappa shape index (κ1) is 29.2. The maximum absolute atomic E-state index is 8.63. The molecule has 0 radical (unpaired) electrons. The molecule has 7 nitrogen and oxygen atoms in total. The van der Waals surface area contributed by atoms with Crippen molar-refractivity contribution in [2.45, 2.75) is 0 Å². The first-order chi connectivity index (χ1) is 3.41. The zero-order valence-electron chi connectivity index (χ0n) is 6.30. The van der Waals surface area contributed by atoms with Crippen LogP contribution < -0.4 is 96.2 Å². The van der Waals surface area contributed by atoms with Crippen LogP contribution in [-0.2, 0) is 23.5 Å². The summed E-state index contributed by atoms with van der Waals surface area (Å²) in [6, 6.07) is 0. The van der Waals surface area contributed by atoms with Crippen molar-refractivity contribution < 1.29 is 120 Å². The molecule has 0 fully saturated rings. The van der Waals surface area contributed by atoms with Gasteiger partial charge in [0.05, 0.1) is 0 Å². The van der Waals surface area contributed by atoms with Gasteiger partial charge in [-0.25, -0.2) is 0 Å². The average molecular weight is 275 g/mol. The summed E-state index contributed by atoms with van der Waals surface area (Å²) < 4.78 is 34.5. The molecule has 0 unspecified atom stereocenters. The Kier molecular flexibility index (Phi) is 48.8. The van der Waals surface area contributed by atoms with Gasteiger partial charge in [0.2, 0.25) is 0 Å². The van der Waals surface area contributed by atoms with Crippen molar-refractivity contribution >= 4 is 0 Å². The van der Waals surface area contributed by atoms with Gasteiger partial charge >= 0.3 is 120 Å². The third kappa shape index (κ3) is 209. The summed E-state index contributed by atoms with van der Waals surface area (Å²) in [6.07, 6.45) is 0. The van der Waals surface area contributed by atoms with E-state index in [1.807, 2.05) is 0 Å². The van der Waals surface area contributed by atoms with Gasteiger partial charge in [0, 0.05) is 0 Å². The second-order valence-electron chi connectivity index (χ2n) is 0.483. The van der Waals surface area contributed by atoms with Crippen LogP contribution in [0.25, 0.3) is 0 Å². The zero-order valence-corrected chi connectivity index (χ0v) is 14.3. The first-order valence-electron chi connectivity index (χ1n) is 1.03. The minimum atomic E-state index is -6.02. The Bertz CT molecular complexity index is 132. The van der Waals surface area contributed by atoms with Gasteiger partial charge in [-0.1, -0.05) is 0 Å². The molecular weight excluding hydrogens is 275 g/mol. The summed E-state index contributed by atoms with van der Waals surface area (Å²) in [5.41, 5.74) is 0. The van der Waals surface area contributed by atoms with Gasteiger partial charge in [0.1, 0.15) is 0 Å². The van der Waals surface area contributed by atoms with E-state index in [2.05, 4.69) is 0 Å². The van der Waals surface area contributed by atoms with Gasteiger partial charge in [-0.15, -0.1) is 5.34 Å². The van der Waals surface area contributed by atoms with Crippen molar-refractivity contribution in [1.82, 2.24) is 0 Å².